The van der Waals surface area contributed by atoms with E-state index in [0.29, 0.717) is 13.0 Å². The summed E-state index contributed by atoms with van der Waals surface area (Å²) in [5.74, 6) is -1.23. The fourth-order valence-electron chi connectivity index (χ4n) is 1.12. The van der Waals surface area contributed by atoms with Gasteiger partial charge in [0.25, 0.3) is 0 Å². The highest BCUT2D eigenvalue weighted by Crippen LogP contribution is 1.90. The summed E-state index contributed by atoms with van der Waals surface area (Å²) in [5, 5.41) is 16.0. The lowest BCUT2D eigenvalue weighted by molar-refractivity contribution is -0.139. The minimum absolute atomic E-state index is 0.155. The molecule has 7 heteroatoms. The van der Waals surface area contributed by atoms with E-state index in [-0.39, 0.29) is 18.9 Å². The first-order valence-corrected chi connectivity index (χ1v) is 5.55. The predicted molar refractivity (Wildman–Crippen MR) is 61.5 cm³/mol. The Morgan fingerprint density at radius 3 is 2.29 bits per heavy atom. The molecule has 0 fully saturated rings. The summed E-state index contributed by atoms with van der Waals surface area (Å²) in [7, 11) is 0. The third kappa shape index (κ3) is 7.15. The Hall–Kier alpha value is -1.79. The number of carboxylic acid groups (broad SMARTS) is 1. The third-order valence-corrected chi connectivity index (χ3v) is 2.02. The maximum atomic E-state index is 11.2. The van der Waals surface area contributed by atoms with Crippen LogP contribution in [0.1, 0.15) is 26.7 Å². The highest BCUT2D eigenvalue weighted by molar-refractivity contribution is 5.83. The van der Waals surface area contributed by atoms with E-state index < -0.39 is 18.0 Å². The first-order chi connectivity index (χ1) is 8.01. The number of rotatable bonds is 7. The maximum absolute atomic E-state index is 11.2. The molecular formula is C10H19N3O4. The average Bonchev–Trinajstić information content (AvgIpc) is 2.25. The quantitative estimate of drug-likeness (QED) is 0.492. The zero-order chi connectivity index (χ0) is 13.3. The van der Waals surface area contributed by atoms with Crippen LogP contribution in [0.4, 0.5) is 4.79 Å². The molecule has 0 unspecified atom stereocenters. The summed E-state index contributed by atoms with van der Waals surface area (Å²) in [5.41, 5.74) is 0. The van der Waals surface area contributed by atoms with E-state index in [1.54, 1.807) is 13.8 Å². The van der Waals surface area contributed by atoms with Crippen molar-refractivity contribution >= 4 is 17.9 Å². The molecule has 0 spiro atoms. The van der Waals surface area contributed by atoms with Crippen LogP contribution in [0, 0.1) is 0 Å². The van der Waals surface area contributed by atoms with Gasteiger partial charge < -0.3 is 21.1 Å². The molecular weight excluding hydrogens is 226 g/mol. The van der Waals surface area contributed by atoms with Crippen molar-refractivity contribution in [2.45, 2.75) is 32.7 Å². The molecule has 0 aromatic rings. The minimum atomic E-state index is -1.08. The molecule has 0 aliphatic rings. The number of nitrogens with one attached hydrogen (secondary N) is 3. The number of hydrogen-bond acceptors (Lipinski definition) is 3. The predicted octanol–water partition coefficient (Wildman–Crippen LogP) is -0.325. The van der Waals surface area contributed by atoms with E-state index in [1.165, 1.54) is 0 Å². The first-order valence-electron chi connectivity index (χ1n) is 5.55. The third-order valence-electron chi connectivity index (χ3n) is 2.02. The van der Waals surface area contributed by atoms with Gasteiger partial charge in [-0.25, -0.2) is 9.59 Å². The van der Waals surface area contributed by atoms with Gasteiger partial charge in [0.15, 0.2) is 0 Å². The van der Waals surface area contributed by atoms with Crippen LogP contribution in [0.3, 0.4) is 0 Å². The Morgan fingerprint density at radius 1 is 1.18 bits per heavy atom. The Morgan fingerprint density at radius 2 is 1.82 bits per heavy atom. The highest BCUT2D eigenvalue weighted by atomic mass is 16.4. The molecule has 0 aliphatic carbocycles. The Balaban J connectivity index is 3.79. The molecule has 0 saturated carbocycles. The van der Waals surface area contributed by atoms with Gasteiger partial charge in [-0.2, -0.15) is 0 Å². The second kappa shape index (κ2) is 8.37. The van der Waals surface area contributed by atoms with E-state index in [9.17, 15) is 14.4 Å². The van der Waals surface area contributed by atoms with Gasteiger partial charge in [0.05, 0.1) is 0 Å². The smallest absolute Gasteiger partial charge is 0.326 e. The van der Waals surface area contributed by atoms with Gasteiger partial charge >= 0.3 is 12.0 Å². The van der Waals surface area contributed by atoms with Crippen LogP contribution >= 0.6 is 0 Å². The first kappa shape index (κ1) is 15.2. The zero-order valence-corrected chi connectivity index (χ0v) is 10.1. The maximum Gasteiger partial charge on any atom is 0.326 e. The summed E-state index contributed by atoms with van der Waals surface area (Å²) in [4.78, 5) is 32.9. The monoisotopic (exact) mass is 245 g/mol. The average molecular weight is 245 g/mol. The second-order valence-corrected chi connectivity index (χ2v) is 3.40. The molecule has 17 heavy (non-hydrogen) atoms. The normalized spacial score (nSPS) is 11.4. The van der Waals surface area contributed by atoms with E-state index in [2.05, 4.69) is 16.0 Å². The van der Waals surface area contributed by atoms with Crippen molar-refractivity contribution < 1.29 is 19.5 Å². The fourth-order valence-corrected chi connectivity index (χ4v) is 1.12. The molecule has 0 saturated heterocycles. The molecule has 0 heterocycles. The molecule has 7 nitrogen and oxygen atoms in total. The summed E-state index contributed by atoms with van der Waals surface area (Å²) < 4.78 is 0. The molecule has 4 N–H and O–H groups in total. The molecule has 98 valence electrons. The summed E-state index contributed by atoms with van der Waals surface area (Å²) in [6, 6.07) is -1.48. The van der Waals surface area contributed by atoms with Crippen molar-refractivity contribution in [2.24, 2.45) is 0 Å². The van der Waals surface area contributed by atoms with Crippen LogP contribution in [-0.2, 0) is 9.59 Å². The second-order valence-electron chi connectivity index (χ2n) is 3.40. The topological polar surface area (TPSA) is 108 Å². The molecule has 0 bridgehead atoms. The van der Waals surface area contributed by atoms with Crippen molar-refractivity contribution in [1.82, 2.24) is 16.0 Å². The largest absolute Gasteiger partial charge is 0.480 e. The Labute approximate surface area is 100.0 Å². The number of urea groups is 1. The minimum Gasteiger partial charge on any atom is -0.480 e. The van der Waals surface area contributed by atoms with Crippen LogP contribution in [-0.4, -0.2) is 42.1 Å². The molecule has 0 rings (SSSR count). The van der Waals surface area contributed by atoms with Crippen LogP contribution in [0.15, 0.2) is 0 Å². The summed E-state index contributed by atoms with van der Waals surface area (Å²) >= 11 is 0. The van der Waals surface area contributed by atoms with Crippen LogP contribution in [0.5, 0.6) is 0 Å². The fraction of sp³-hybridized carbons (Fsp3) is 0.700. The van der Waals surface area contributed by atoms with E-state index in [0.717, 1.165) is 0 Å². The lowest BCUT2D eigenvalue weighted by Crippen LogP contribution is -2.46. The molecule has 0 radical (unpaired) electrons. The van der Waals surface area contributed by atoms with E-state index in [4.69, 9.17) is 5.11 Å². The molecule has 0 aliphatic heterocycles. The van der Waals surface area contributed by atoms with Gasteiger partial charge in [-0.15, -0.1) is 0 Å². The lowest BCUT2D eigenvalue weighted by Gasteiger charge is -2.12. The van der Waals surface area contributed by atoms with Crippen LogP contribution in [0.2, 0.25) is 0 Å². The van der Waals surface area contributed by atoms with E-state index in [1.807, 2.05) is 0 Å². The lowest BCUT2D eigenvalue weighted by atomic mass is 10.2. The Bertz CT molecular complexity index is 281. The number of amides is 3. The van der Waals surface area contributed by atoms with Gasteiger partial charge in [-0.3, -0.25) is 4.79 Å². The van der Waals surface area contributed by atoms with Gasteiger partial charge in [-0.1, -0.05) is 6.92 Å². The Kier molecular flexibility index (Phi) is 7.49. The molecule has 1 atom stereocenters. The van der Waals surface area contributed by atoms with Crippen molar-refractivity contribution in [3.05, 3.63) is 0 Å². The van der Waals surface area contributed by atoms with E-state index >= 15 is 0 Å². The van der Waals surface area contributed by atoms with Crippen molar-refractivity contribution in [3.63, 3.8) is 0 Å². The number of carboxylic acids is 1. The summed E-state index contributed by atoms with van der Waals surface area (Å²) in [6.45, 7) is 4.18. The van der Waals surface area contributed by atoms with Gasteiger partial charge in [0.1, 0.15) is 6.04 Å². The van der Waals surface area contributed by atoms with Crippen LogP contribution < -0.4 is 16.0 Å². The molecule has 3 amide bonds. The van der Waals surface area contributed by atoms with Crippen molar-refractivity contribution in [2.75, 3.05) is 13.1 Å². The molecule has 0 aromatic heterocycles. The summed E-state index contributed by atoms with van der Waals surface area (Å²) in [6.07, 6.45) is 0.476. The van der Waals surface area contributed by atoms with Crippen molar-refractivity contribution in [1.29, 1.82) is 0 Å². The highest BCUT2D eigenvalue weighted by Gasteiger charge is 2.16. The van der Waals surface area contributed by atoms with Crippen molar-refractivity contribution in [3.8, 4) is 0 Å². The van der Waals surface area contributed by atoms with Gasteiger partial charge in [0, 0.05) is 19.5 Å². The SMILES string of the molecule is CCNC(=O)CCNC(=O)N[C@H](CC)C(=O)O. The van der Waals surface area contributed by atoms with Crippen LogP contribution in [0.25, 0.3) is 0 Å². The number of aliphatic carboxylic acids is 1. The number of hydrogen-bond donors (Lipinski definition) is 4. The van der Waals surface area contributed by atoms with Gasteiger partial charge in [0.2, 0.25) is 5.91 Å². The standard InChI is InChI=1S/C10H19N3O4/c1-3-7(9(15)16)13-10(17)12-6-5-8(14)11-4-2/h7H,3-6H2,1-2H3,(H,11,14)(H,15,16)(H2,12,13,17)/t7-/m1/s1. The number of carbonyl (C=O) groups excluding carboxylic acids is 2. The van der Waals surface area contributed by atoms with Gasteiger partial charge in [-0.05, 0) is 13.3 Å². The number of carbonyl (C=O) groups is 3. The molecule has 0 aromatic carbocycles. The zero-order valence-electron chi connectivity index (χ0n) is 10.1.